The van der Waals surface area contributed by atoms with E-state index in [0.29, 0.717) is 19.8 Å². The molecule has 1 saturated heterocycles. The Hall–Kier alpha value is -1.38. The molecule has 0 aromatic heterocycles. The van der Waals surface area contributed by atoms with Gasteiger partial charge in [0.25, 0.3) is 0 Å². The van der Waals surface area contributed by atoms with Gasteiger partial charge in [-0.2, -0.15) is 0 Å². The van der Waals surface area contributed by atoms with Crippen LogP contribution in [0.4, 0.5) is 4.79 Å². The van der Waals surface area contributed by atoms with Gasteiger partial charge in [0.1, 0.15) is 5.92 Å². The fraction of sp³-hybridized carbons (Fsp3) is 0.846. The van der Waals surface area contributed by atoms with Crippen molar-refractivity contribution in [1.29, 1.82) is 0 Å². The van der Waals surface area contributed by atoms with E-state index in [9.17, 15) is 9.59 Å². The number of nitrogens with one attached hydrogen (secondary N) is 1. The molecule has 1 fully saturated rings. The molecule has 122 valence electrons. The number of carboxylic acids is 1. The van der Waals surface area contributed by atoms with Crippen molar-refractivity contribution in [2.75, 3.05) is 60.7 Å². The lowest BCUT2D eigenvalue weighted by molar-refractivity contribution is -0.142. The summed E-state index contributed by atoms with van der Waals surface area (Å²) < 4.78 is 10.5. The molecule has 0 aromatic carbocycles. The van der Waals surface area contributed by atoms with Gasteiger partial charge >= 0.3 is 12.0 Å². The maximum absolute atomic E-state index is 11.9. The zero-order valence-electron chi connectivity index (χ0n) is 12.9. The molecule has 8 heteroatoms. The number of ether oxygens (including phenoxy) is 2. The van der Waals surface area contributed by atoms with E-state index < -0.39 is 17.9 Å². The SMILES string of the molecule is CN(C)CCOCCNC(=O)N(C)C1COCC1C(=O)O. The molecule has 1 heterocycles. The first-order chi connectivity index (χ1) is 9.93. The van der Waals surface area contributed by atoms with Crippen LogP contribution in [0.25, 0.3) is 0 Å². The maximum Gasteiger partial charge on any atom is 0.317 e. The van der Waals surface area contributed by atoms with E-state index in [1.54, 1.807) is 7.05 Å². The van der Waals surface area contributed by atoms with E-state index in [4.69, 9.17) is 14.6 Å². The number of carbonyl (C=O) groups excluding carboxylic acids is 1. The van der Waals surface area contributed by atoms with Crippen molar-refractivity contribution in [3.05, 3.63) is 0 Å². The van der Waals surface area contributed by atoms with Crippen LogP contribution in [0.2, 0.25) is 0 Å². The third-order valence-electron chi connectivity index (χ3n) is 3.39. The van der Waals surface area contributed by atoms with Crippen LogP contribution in [-0.2, 0) is 14.3 Å². The summed E-state index contributed by atoms with van der Waals surface area (Å²) in [6.07, 6.45) is 0. The lowest BCUT2D eigenvalue weighted by Crippen LogP contribution is -2.48. The molecule has 0 aliphatic carbocycles. The standard InChI is InChI=1S/C13H25N3O5/c1-15(2)5-7-20-6-4-14-13(19)16(3)11-9-21-8-10(11)12(17)18/h10-11H,4-9H2,1-3H3,(H,14,19)(H,17,18). The Labute approximate surface area is 125 Å². The third-order valence-corrected chi connectivity index (χ3v) is 3.39. The van der Waals surface area contributed by atoms with Crippen LogP contribution in [0.5, 0.6) is 0 Å². The Morgan fingerprint density at radius 1 is 1.29 bits per heavy atom. The van der Waals surface area contributed by atoms with Crippen molar-refractivity contribution in [2.45, 2.75) is 6.04 Å². The summed E-state index contributed by atoms with van der Waals surface area (Å²) in [7, 11) is 5.50. The van der Waals surface area contributed by atoms with Crippen molar-refractivity contribution in [3.8, 4) is 0 Å². The number of carboxylic acid groups (broad SMARTS) is 1. The van der Waals surface area contributed by atoms with Gasteiger partial charge in [-0.15, -0.1) is 0 Å². The molecule has 8 nitrogen and oxygen atoms in total. The molecular weight excluding hydrogens is 278 g/mol. The average Bonchev–Trinajstić information content (AvgIpc) is 2.90. The molecule has 0 bridgehead atoms. The largest absolute Gasteiger partial charge is 0.481 e. The quantitative estimate of drug-likeness (QED) is 0.577. The first-order valence-corrected chi connectivity index (χ1v) is 6.97. The van der Waals surface area contributed by atoms with Gasteiger partial charge in [-0.1, -0.05) is 0 Å². The minimum Gasteiger partial charge on any atom is -0.481 e. The van der Waals surface area contributed by atoms with E-state index in [1.807, 2.05) is 19.0 Å². The number of nitrogens with zero attached hydrogens (tertiary/aromatic N) is 2. The monoisotopic (exact) mass is 303 g/mol. The van der Waals surface area contributed by atoms with Crippen LogP contribution in [0.15, 0.2) is 0 Å². The Bertz CT molecular complexity index is 351. The summed E-state index contributed by atoms with van der Waals surface area (Å²) in [4.78, 5) is 26.4. The van der Waals surface area contributed by atoms with Gasteiger partial charge in [0.15, 0.2) is 0 Å². The molecule has 0 spiro atoms. The van der Waals surface area contributed by atoms with E-state index in [1.165, 1.54) is 4.90 Å². The fourth-order valence-corrected chi connectivity index (χ4v) is 2.02. The Morgan fingerprint density at radius 3 is 2.62 bits per heavy atom. The number of carbonyl (C=O) groups is 2. The predicted molar refractivity (Wildman–Crippen MR) is 76.3 cm³/mol. The molecule has 21 heavy (non-hydrogen) atoms. The van der Waals surface area contributed by atoms with Crippen LogP contribution in [-0.4, -0.2) is 93.6 Å². The van der Waals surface area contributed by atoms with Crippen LogP contribution < -0.4 is 5.32 Å². The van der Waals surface area contributed by atoms with Crippen molar-refractivity contribution in [3.63, 3.8) is 0 Å². The molecule has 2 atom stereocenters. The Morgan fingerprint density at radius 2 is 2.00 bits per heavy atom. The molecule has 1 aliphatic rings. The van der Waals surface area contributed by atoms with E-state index in [2.05, 4.69) is 5.32 Å². The molecule has 1 rings (SSSR count). The third kappa shape index (κ3) is 5.86. The molecule has 0 saturated carbocycles. The summed E-state index contributed by atoms with van der Waals surface area (Å²) in [5.41, 5.74) is 0. The number of hydrogen-bond donors (Lipinski definition) is 2. The van der Waals surface area contributed by atoms with Crippen molar-refractivity contribution in [1.82, 2.24) is 15.1 Å². The van der Waals surface area contributed by atoms with Gasteiger partial charge in [0, 0.05) is 20.1 Å². The highest BCUT2D eigenvalue weighted by molar-refractivity contribution is 5.77. The van der Waals surface area contributed by atoms with Crippen LogP contribution in [0, 0.1) is 5.92 Å². The van der Waals surface area contributed by atoms with Crippen LogP contribution in [0.3, 0.4) is 0 Å². The summed E-state index contributed by atoms with van der Waals surface area (Å²) >= 11 is 0. The summed E-state index contributed by atoms with van der Waals surface area (Å²) in [5, 5.41) is 11.8. The topological polar surface area (TPSA) is 91.3 Å². The average molecular weight is 303 g/mol. The normalized spacial score (nSPS) is 21.5. The second kappa shape index (κ2) is 8.81. The molecule has 0 aromatic rings. The minimum atomic E-state index is -0.941. The van der Waals surface area contributed by atoms with Crippen molar-refractivity contribution in [2.24, 2.45) is 5.92 Å². The number of amides is 2. The molecule has 2 unspecified atom stereocenters. The van der Waals surface area contributed by atoms with Crippen molar-refractivity contribution >= 4 is 12.0 Å². The van der Waals surface area contributed by atoms with E-state index in [-0.39, 0.29) is 19.2 Å². The van der Waals surface area contributed by atoms with E-state index >= 15 is 0 Å². The van der Waals surface area contributed by atoms with Crippen LogP contribution >= 0.6 is 0 Å². The summed E-state index contributed by atoms with van der Waals surface area (Å²) in [6, 6.07) is -0.745. The second-order valence-corrected chi connectivity index (χ2v) is 5.31. The van der Waals surface area contributed by atoms with Crippen LogP contribution in [0.1, 0.15) is 0 Å². The molecule has 2 amide bonds. The first-order valence-electron chi connectivity index (χ1n) is 6.97. The number of likely N-dealkylation sites (N-methyl/N-ethyl adjacent to an activating group) is 2. The van der Waals surface area contributed by atoms with Gasteiger partial charge in [-0.3, -0.25) is 4.79 Å². The second-order valence-electron chi connectivity index (χ2n) is 5.31. The minimum absolute atomic E-state index is 0.144. The highest BCUT2D eigenvalue weighted by atomic mass is 16.5. The number of aliphatic carboxylic acids is 1. The smallest absolute Gasteiger partial charge is 0.317 e. The van der Waals surface area contributed by atoms with Gasteiger partial charge in [-0.05, 0) is 14.1 Å². The fourth-order valence-electron chi connectivity index (χ4n) is 2.02. The summed E-state index contributed by atoms with van der Waals surface area (Å²) in [5.74, 6) is -1.61. The number of urea groups is 1. The number of rotatable bonds is 8. The van der Waals surface area contributed by atoms with Gasteiger partial charge in [0.2, 0.25) is 0 Å². The van der Waals surface area contributed by atoms with Gasteiger partial charge in [0.05, 0.1) is 32.5 Å². The highest BCUT2D eigenvalue weighted by Gasteiger charge is 2.38. The molecule has 0 radical (unpaired) electrons. The van der Waals surface area contributed by atoms with Gasteiger partial charge < -0.3 is 29.7 Å². The van der Waals surface area contributed by atoms with E-state index in [0.717, 1.165) is 6.54 Å². The molecule has 1 aliphatic heterocycles. The van der Waals surface area contributed by atoms with Gasteiger partial charge in [-0.25, -0.2) is 4.79 Å². The predicted octanol–water partition coefficient (Wildman–Crippen LogP) is -0.694. The zero-order chi connectivity index (χ0) is 15.8. The highest BCUT2D eigenvalue weighted by Crippen LogP contribution is 2.18. The molecule has 2 N–H and O–H groups in total. The zero-order valence-corrected chi connectivity index (χ0v) is 12.9. The summed E-state index contributed by atoms with van der Waals surface area (Å²) in [6.45, 7) is 2.65. The first kappa shape index (κ1) is 17.7. The van der Waals surface area contributed by atoms with Crippen molar-refractivity contribution < 1.29 is 24.2 Å². The Kier molecular flexibility index (Phi) is 7.41. The number of hydrogen-bond acceptors (Lipinski definition) is 5. The maximum atomic E-state index is 11.9. The lowest BCUT2D eigenvalue weighted by Gasteiger charge is -2.26. The Balaban J connectivity index is 2.23. The molecular formula is C13H25N3O5. The lowest BCUT2D eigenvalue weighted by atomic mass is 10.0.